The summed E-state index contributed by atoms with van der Waals surface area (Å²) in [5.41, 5.74) is 2.22. The number of ether oxygens (including phenoxy) is 2. The van der Waals surface area contributed by atoms with Gasteiger partial charge in [-0.3, -0.25) is 9.59 Å². The topological polar surface area (TPSA) is 52.6 Å². The highest BCUT2D eigenvalue weighted by Gasteiger charge is 2.20. The summed E-state index contributed by atoms with van der Waals surface area (Å²) in [5, 5.41) is 0. The van der Waals surface area contributed by atoms with Gasteiger partial charge < -0.3 is 9.47 Å². The number of Topliss-reactive ketones (excluding diaryl/α,β-unsaturated/α-hetero) is 2. The molecule has 2 aromatic carbocycles. The molecule has 2 aromatic rings. The minimum Gasteiger partial charge on any atom is -0.486 e. The highest BCUT2D eigenvalue weighted by Crippen LogP contribution is 2.34. The zero-order chi connectivity index (χ0) is 16.2. The molecule has 23 heavy (non-hydrogen) atoms. The summed E-state index contributed by atoms with van der Waals surface area (Å²) in [6, 6.07) is 12.6. The molecule has 4 heteroatoms. The van der Waals surface area contributed by atoms with Crippen LogP contribution in [0, 0.1) is 6.92 Å². The molecule has 0 spiro atoms. The summed E-state index contributed by atoms with van der Waals surface area (Å²) in [6.45, 7) is 2.88. The first-order chi connectivity index (χ1) is 11.1. The highest BCUT2D eigenvalue weighted by molar-refractivity contribution is 6.03. The van der Waals surface area contributed by atoms with Gasteiger partial charge in [0.15, 0.2) is 23.1 Å². The molecule has 0 saturated heterocycles. The van der Waals surface area contributed by atoms with Crippen LogP contribution >= 0.6 is 0 Å². The SMILES string of the molecule is Cc1ccc(C(=O)CCC(=O)c2cccc3c2OCCO3)cc1. The van der Waals surface area contributed by atoms with E-state index in [0.717, 1.165) is 5.56 Å². The number of rotatable bonds is 5. The summed E-state index contributed by atoms with van der Waals surface area (Å²) >= 11 is 0. The zero-order valence-corrected chi connectivity index (χ0v) is 13.0. The third-order valence-electron chi connectivity index (χ3n) is 3.82. The molecule has 118 valence electrons. The van der Waals surface area contributed by atoms with Gasteiger partial charge in [0.05, 0.1) is 5.56 Å². The average molecular weight is 310 g/mol. The highest BCUT2D eigenvalue weighted by atomic mass is 16.6. The molecular weight excluding hydrogens is 292 g/mol. The largest absolute Gasteiger partial charge is 0.486 e. The molecule has 0 unspecified atom stereocenters. The lowest BCUT2D eigenvalue weighted by atomic mass is 10.00. The van der Waals surface area contributed by atoms with Gasteiger partial charge in [-0.1, -0.05) is 35.9 Å². The van der Waals surface area contributed by atoms with Crippen molar-refractivity contribution >= 4 is 11.6 Å². The lowest BCUT2D eigenvalue weighted by molar-refractivity contribution is 0.0911. The number of fused-ring (bicyclic) bond motifs is 1. The van der Waals surface area contributed by atoms with Gasteiger partial charge in [0, 0.05) is 18.4 Å². The molecule has 0 bridgehead atoms. The number of carbonyl (C=O) groups excluding carboxylic acids is 2. The van der Waals surface area contributed by atoms with E-state index in [9.17, 15) is 9.59 Å². The number of carbonyl (C=O) groups is 2. The lowest BCUT2D eigenvalue weighted by Gasteiger charge is -2.20. The van der Waals surface area contributed by atoms with E-state index < -0.39 is 0 Å². The molecule has 3 rings (SSSR count). The van der Waals surface area contributed by atoms with Crippen LogP contribution < -0.4 is 9.47 Å². The summed E-state index contributed by atoms with van der Waals surface area (Å²) in [4.78, 5) is 24.6. The molecule has 0 saturated carbocycles. The summed E-state index contributed by atoms with van der Waals surface area (Å²) < 4.78 is 11.0. The minimum absolute atomic E-state index is 0.0275. The van der Waals surface area contributed by atoms with E-state index in [1.165, 1.54) is 0 Å². The molecule has 0 amide bonds. The first-order valence-corrected chi connectivity index (χ1v) is 7.67. The molecule has 0 aromatic heterocycles. The summed E-state index contributed by atoms with van der Waals surface area (Å²) in [6.07, 6.45) is 0.346. The van der Waals surface area contributed by atoms with Gasteiger partial charge in [-0.25, -0.2) is 0 Å². The number of ketones is 2. The Kier molecular flexibility index (Phi) is 4.42. The van der Waals surface area contributed by atoms with Crippen LogP contribution in [0.15, 0.2) is 42.5 Å². The van der Waals surface area contributed by atoms with Crippen LogP contribution in [-0.4, -0.2) is 24.8 Å². The van der Waals surface area contributed by atoms with Crippen molar-refractivity contribution in [1.29, 1.82) is 0 Å². The van der Waals surface area contributed by atoms with Gasteiger partial charge in [0.25, 0.3) is 0 Å². The van der Waals surface area contributed by atoms with Crippen LogP contribution in [0.1, 0.15) is 39.1 Å². The number of benzene rings is 2. The molecule has 0 N–H and O–H groups in total. The monoisotopic (exact) mass is 310 g/mol. The van der Waals surface area contributed by atoms with E-state index in [0.29, 0.717) is 35.8 Å². The number of hydrogen-bond acceptors (Lipinski definition) is 4. The fourth-order valence-corrected chi connectivity index (χ4v) is 2.54. The maximum atomic E-state index is 12.4. The molecular formula is C19H18O4. The minimum atomic E-state index is -0.104. The van der Waals surface area contributed by atoms with E-state index >= 15 is 0 Å². The quantitative estimate of drug-likeness (QED) is 0.792. The maximum Gasteiger partial charge on any atom is 0.172 e. The van der Waals surface area contributed by atoms with E-state index in [1.807, 2.05) is 19.1 Å². The van der Waals surface area contributed by atoms with Crippen molar-refractivity contribution < 1.29 is 19.1 Å². The molecule has 0 fully saturated rings. The number of aryl methyl sites for hydroxylation is 1. The van der Waals surface area contributed by atoms with E-state index in [-0.39, 0.29) is 24.4 Å². The summed E-state index contributed by atoms with van der Waals surface area (Å²) in [5.74, 6) is 0.951. The van der Waals surface area contributed by atoms with Crippen molar-refractivity contribution in [3.8, 4) is 11.5 Å². The van der Waals surface area contributed by atoms with Crippen LogP contribution in [0.4, 0.5) is 0 Å². The lowest BCUT2D eigenvalue weighted by Crippen LogP contribution is -2.18. The number of para-hydroxylation sites is 1. The van der Waals surface area contributed by atoms with Crippen molar-refractivity contribution in [1.82, 2.24) is 0 Å². The number of hydrogen-bond donors (Lipinski definition) is 0. The summed E-state index contributed by atoms with van der Waals surface area (Å²) in [7, 11) is 0. The van der Waals surface area contributed by atoms with E-state index in [4.69, 9.17) is 9.47 Å². The Bertz CT molecular complexity index is 732. The van der Waals surface area contributed by atoms with Gasteiger partial charge in [-0.05, 0) is 19.1 Å². The third kappa shape index (κ3) is 3.42. The average Bonchev–Trinajstić information content (AvgIpc) is 2.59. The van der Waals surface area contributed by atoms with Crippen LogP contribution in [-0.2, 0) is 0 Å². The van der Waals surface area contributed by atoms with Crippen molar-refractivity contribution in [2.24, 2.45) is 0 Å². The van der Waals surface area contributed by atoms with Crippen molar-refractivity contribution in [2.45, 2.75) is 19.8 Å². The third-order valence-corrected chi connectivity index (χ3v) is 3.82. The Labute approximate surface area is 135 Å². The predicted octanol–water partition coefficient (Wildman–Crippen LogP) is 3.61. The fraction of sp³-hybridized carbons (Fsp3) is 0.263. The molecule has 1 aliphatic heterocycles. The van der Waals surface area contributed by atoms with Gasteiger partial charge in [-0.15, -0.1) is 0 Å². The zero-order valence-electron chi connectivity index (χ0n) is 13.0. The molecule has 0 aliphatic carbocycles. The second kappa shape index (κ2) is 6.65. The molecule has 0 atom stereocenters. The normalized spacial score (nSPS) is 12.7. The first-order valence-electron chi connectivity index (χ1n) is 7.67. The standard InChI is InChI=1S/C19H18O4/c1-13-5-7-14(8-6-13)16(20)9-10-17(21)15-3-2-4-18-19(15)23-12-11-22-18/h2-8H,9-12H2,1H3. The Morgan fingerprint density at radius 1 is 0.913 bits per heavy atom. The van der Waals surface area contributed by atoms with E-state index in [1.54, 1.807) is 30.3 Å². The van der Waals surface area contributed by atoms with Crippen molar-refractivity contribution in [3.63, 3.8) is 0 Å². The Balaban J connectivity index is 1.68. The molecule has 4 nitrogen and oxygen atoms in total. The first kappa shape index (κ1) is 15.3. The molecule has 0 radical (unpaired) electrons. The molecule has 1 heterocycles. The Morgan fingerprint density at radius 3 is 2.39 bits per heavy atom. The second-order valence-corrected chi connectivity index (χ2v) is 5.54. The van der Waals surface area contributed by atoms with Crippen LogP contribution in [0.5, 0.6) is 11.5 Å². The van der Waals surface area contributed by atoms with Crippen LogP contribution in [0.2, 0.25) is 0 Å². The van der Waals surface area contributed by atoms with Crippen molar-refractivity contribution in [2.75, 3.05) is 13.2 Å². The predicted molar refractivity (Wildman–Crippen MR) is 86.5 cm³/mol. The van der Waals surface area contributed by atoms with Crippen LogP contribution in [0.3, 0.4) is 0 Å². The van der Waals surface area contributed by atoms with E-state index in [2.05, 4.69) is 0 Å². The maximum absolute atomic E-state index is 12.4. The molecule has 1 aliphatic rings. The smallest absolute Gasteiger partial charge is 0.172 e. The van der Waals surface area contributed by atoms with Gasteiger partial charge in [0.1, 0.15) is 13.2 Å². The van der Waals surface area contributed by atoms with Gasteiger partial charge in [0.2, 0.25) is 0 Å². The second-order valence-electron chi connectivity index (χ2n) is 5.54. The fourth-order valence-electron chi connectivity index (χ4n) is 2.54. The Morgan fingerprint density at radius 2 is 1.61 bits per heavy atom. The van der Waals surface area contributed by atoms with Gasteiger partial charge in [-0.2, -0.15) is 0 Å². The van der Waals surface area contributed by atoms with Crippen LogP contribution in [0.25, 0.3) is 0 Å². The van der Waals surface area contributed by atoms with Gasteiger partial charge >= 0.3 is 0 Å². The Hall–Kier alpha value is -2.62. The van der Waals surface area contributed by atoms with Crippen molar-refractivity contribution in [3.05, 3.63) is 59.2 Å².